The number of carbonyl (C=O) groups excluding carboxylic acids is 1. The molecule has 2 nitrogen and oxygen atoms in total. The lowest BCUT2D eigenvalue weighted by atomic mass is 10.2. The van der Waals surface area contributed by atoms with Crippen molar-refractivity contribution in [2.24, 2.45) is 0 Å². The van der Waals surface area contributed by atoms with Crippen LogP contribution in [-0.2, 0) is 4.79 Å². The second kappa shape index (κ2) is 6.06. The van der Waals surface area contributed by atoms with Gasteiger partial charge in [-0.05, 0) is 11.6 Å². The number of amides is 1. The van der Waals surface area contributed by atoms with Crippen molar-refractivity contribution in [3.8, 4) is 0 Å². The molecule has 0 fully saturated rings. The van der Waals surface area contributed by atoms with Gasteiger partial charge in [0.1, 0.15) is 5.82 Å². The lowest BCUT2D eigenvalue weighted by Crippen LogP contribution is -2.10. The monoisotopic (exact) mass is 277 g/mol. The second-order valence-corrected chi connectivity index (χ2v) is 3.98. The molecule has 5 heteroatoms. The quantitative estimate of drug-likeness (QED) is 0.671. The molecule has 2 aromatic carbocycles. The van der Waals surface area contributed by atoms with Gasteiger partial charge in [0.2, 0.25) is 5.91 Å². The predicted octanol–water partition coefficient (Wildman–Crippen LogP) is 3.76. The third-order valence-electron chi connectivity index (χ3n) is 2.49. The Hall–Kier alpha value is -2.56. The standard InChI is InChI=1S/C15H10F3NO/c16-11-8-13(18)14(9-12(11)17)19-15(20)7-6-10-4-2-1-3-5-10/h1-9H,(H,19,20)/b7-6+. The third-order valence-corrected chi connectivity index (χ3v) is 2.49. The molecule has 0 saturated carbocycles. The molecular weight excluding hydrogens is 267 g/mol. The maximum atomic E-state index is 13.3. The van der Waals surface area contributed by atoms with E-state index in [1.165, 1.54) is 12.2 Å². The molecule has 0 heterocycles. The molecule has 0 aliphatic rings. The van der Waals surface area contributed by atoms with E-state index in [4.69, 9.17) is 0 Å². The Labute approximate surface area is 113 Å². The Morgan fingerprint density at radius 1 is 0.950 bits per heavy atom. The zero-order valence-electron chi connectivity index (χ0n) is 10.2. The first kappa shape index (κ1) is 13.9. The molecule has 1 N–H and O–H groups in total. The fourth-order valence-corrected chi connectivity index (χ4v) is 1.53. The first-order valence-corrected chi connectivity index (χ1v) is 5.75. The minimum absolute atomic E-state index is 0.381. The van der Waals surface area contributed by atoms with Gasteiger partial charge in [0.05, 0.1) is 5.69 Å². The van der Waals surface area contributed by atoms with E-state index in [1.54, 1.807) is 24.3 Å². The van der Waals surface area contributed by atoms with Crippen LogP contribution in [0.1, 0.15) is 5.56 Å². The Balaban J connectivity index is 2.09. The number of nitrogens with one attached hydrogen (secondary N) is 1. The van der Waals surface area contributed by atoms with E-state index in [2.05, 4.69) is 5.32 Å². The average Bonchev–Trinajstić information content (AvgIpc) is 2.44. The highest BCUT2D eigenvalue weighted by atomic mass is 19.2. The van der Waals surface area contributed by atoms with Gasteiger partial charge in [-0.15, -0.1) is 0 Å². The predicted molar refractivity (Wildman–Crippen MR) is 70.4 cm³/mol. The zero-order chi connectivity index (χ0) is 14.5. The van der Waals surface area contributed by atoms with Crippen LogP contribution in [0, 0.1) is 17.5 Å². The summed E-state index contributed by atoms with van der Waals surface area (Å²) >= 11 is 0. The van der Waals surface area contributed by atoms with Gasteiger partial charge in [0, 0.05) is 18.2 Å². The van der Waals surface area contributed by atoms with Gasteiger partial charge in [-0.25, -0.2) is 13.2 Å². The van der Waals surface area contributed by atoms with Gasteiger partial charge in [-0.2, -0.15) is 0 Å². The molecule has 0 atom stereocenters. The van der Waals surface area contributed by atoms with Crippen LogP contribution in [0.15, 0.2) is 48.5 Å². The highest BCUT2D eigenvalue weighted by Crippen LogP contribution is 2.18. The van der Waals surface area contributed by atoms with Crippen molar-refractivity contribution in [1.82, 2.24) is 0 Å². The molecule has 0 unspecified atom stereocenters. The maximum absolute atomic E-state index is 13.3. The van der Waals surface area contributed by atoms with E-state index in [0.717, 1.165) is 5.56 Å². The first-order chi connectivity index (χ1) is 9.56. The Kier molecular flexibility index (Phi) is 4.20. The largest absolute Gasteiger partial charge is 0.320 e. The van der Waals surface area contributed by atoms with Crippen molar-refractivity contribution in [3.05, 3.63) is 71.6 Å². The summed E-state index contributed by atoms with van der Waals surface area (Å²) in [7, 11) is 0. The Morgan fingerprint density at radius 2 is 1.60 bits per heavy atom. The number of rotatable bonds is 3. The number of hydrogen-bond acceptors (Lipinski definition) is 1. The molecule has 2 rings (SSSR count). The number of benzene rings is 2. The summed E-state index contributed by atoms with van der Waals surface area (Å²) in [5, 5.41) is 2.14. The van der Waals surface area contributed by atoms with E-state index in [-0.39, 0.29) is 0 Å². The zero-order valence-corrected chi connectivity index (χ0v) is 10.2. The van der Waals surface area contributed by atoms with E-state index in [1.807, 2.05) is 6.07 Å². The SMILES string of the molecule is O=C(/C=C/c1ccccc1)Nc1cc(F)c(F)cc1F. The molecule has 0 aliphatic heterocycles. The van der Waals surface area contributed by atoms with Crippen LogP contribution in [0.2, 0.25) is 0 Å². The molecule has 0 aliphatic carbocycles. The molecule has 0 radical (unpaired) electrons. The second-order valence-electron chi connectivity index (χ2n) is 3.98. The molecule has 0 aromatic heterocycles. The summed E-state index contributed by atoms with van der Waals surface area (Å²) in [6.07, 6.45) is 2.70. The van der Waals surface area contributed by atoms with E-state index < -0.39 is 29.0 Å². The van der Waals surface area contributed by atoms with Crippen molar-refractivity contribution in [1.29, 1.82) is 0 Å². The summed E-state index contributed by atoms with van der Waals surface area (Å²) in [5.41, 5.74) is 0.375. The van der Waals surface area contributed by atoms with Gasteiger partial charge in [0.25, 0.3) is 0 Å². The molecule has 20 heavy (non-hydrogen) atoms. The van der Waals surface area contributed by atoms with Crippen molar-refractivity contribution in [2.45, 2.75) is 0 Å². The molecule has 1 amide bonds. The molecular formula is C15H10F3NO. The van der Waals surface area contributed by atoms with Crippen LogP contribution < -0.4 is 5.32 Å². The van der Waals surface area contributed by atoms with E-state index in [0.29, 0.717) is 12.1 Å². The summed E-state index contributed by atoms with van der Waals surface area (Å²) in [6, 6.07) is 9.96. The Morgan fingerprint density at radius 3 is 2.30 bits per heavy atom. The van der Waals surface area contributed by atoms with Crippen molar-refractivity contribution in [3.63, 3.8) is 0 Å². The summed E-state index contributed by atoms with van der Waals surface area (Å²) in [5.74, 6) is -4.21. The number of hydrogen-bond donors (Lipinski definition) is 1. The highest BCUT2D eigenvalue weighted by Gasteiger charge is 2.10. The topological polar surface area (TPSA) is 29.1 Å². The fourth-order valence-electron chi connectivity index (χ4n) is 1.53. The van der Waals surface area contributed by atoms with Gasteiger partial charge < -0.3 is 5.32 Å². The van der Waals surface area contributed by atoms with E-state index in [9.17, 15) is 18.0 Å². The van der Waals surface area contributed by atoms with Gasteiger partial charge in [-0.1, -0.05) is 30.3 Å². The van der Waals surface area contributed by atoms with Crippen molar-refractivity contribution >= 4 is 17.7 Å². The lowest BCUT2D eigenvalue weighted by Gasteiger charge is -2.04. The van der Waals surface area contributed by atoms with Crippen LogP contribution in [0.25, 0.3) is 6.08 Å². The Bertz CT molecular complexity index is 654. The summed E-state index contributed by atoms with van der Waals surface area (Å²) in [4.78, 5) is 11.6. The van der Waals surface area contributed by atoms with Crippen LogP contribution in [-0.4, -0.2) is 5.91 Å². The highest BCUT2D eigenvalue weighted by molar-refractivity contribution is 6.01. The average molecular weight is 277 g/mol. The minimum Gasteiger partial charge on any atom is -0.320 e. The fraction of sp³-hybridized carbons (Fsp3) is 0. The number of halogens is 3. The van der Waals surface area contributed by atoms with Gasteiger partial charge in [-0.3, -0.25) is 4.79 Å². The maximum Gasteiger partial charge on any atom is 0.248 e. The smallest absolute Gasteiger partial charge is 0.248 e. The summed E-state index contributed by atoms with van der Waals surface area (Å²) in [6.45, 7) is 0. The lowest BCUT2D eigenvalue weighted by molar-refractivity contribution is -0.111. The normalized spacial score (nSPS) is 10.8. The van der Waals surface area contributed by atoms with Gasteiger partial charge >= 0.3 is 0 Å². The van der Waals surface area contributed by atoms with Crippen molar-refractivity contribution in [2.75, 3.05) is 5.32 Å². The molecule has 0 saturated heterocycles. The van der Waals surface area contributed by atoms with Crippen LogP contribution in [0.4, 0.5) is 18.9 Å². The van der Waals surface area contributed by atoms with Crippen molar-refractivity contribution < 1.29 is 18.0 Å². The molecule has 102 valence electrons. The van der Waals surface area contributed by atoms with Crippen LogP contribution >= 0.6 is 0 Å². The molecule has 2 aromatic rings. The minimum atomic E-state index is -1.31. The van der Waals surface area contributed by atoms with Crippen LogP contribution in [0.3, 0.4) is 0 Å². The summed E-state index contributed by atoms with van der Waals surface area (Å²) < 4.78 is 39.0. The molecule has 0 bridgehead atoms. The van der Waals surface area contributed by atoms with Gasteiger partial charge in [0.15, 0.2) is 11.6 Å². The number of carbonyl (C=O) groups is 1. The number of anilines is 1. The van der Waals surface area contributed by atoms with Crippen LogP contribution in [0.5, 0.6) is 0 Å². The molecule has 0 spiro atoms. The van der Waals surface area contributed by atoms with E-state index >= 15 is 0 Å². The first-order valence-electron chi connectivity index (χ1n) is 5.75. The third kappa shape index (κ3) is 3.47.